The molecule has 0 aliphatic heterocycles. The van der Waals surface area contributed by atoms with Gasteiger partial charge < -0.3 is 19.8 Å². The van der Waals surface area contributed by atoms with Crippen molar-refractivity contribution >= 4 is 5.91 Å². The molecule has 0 saturated carbocycles. The van der Waals surface area contributed by atoms with Crippen molar-refractivity contribution in [3.63, 3.8) is 0 Å². The van der Waals surface area contributed by atoms with Crippen LogP contribution in [0.15, 0.2) is 18.5 Å². The molecule has 0 radical (unpaired) electrons. The lowest BCUT2D eigenvalue weighted by atomic mass is 10.1. The van der Waals surface area contributed by atoms with E-state index in [-0.39, 0.29) is 25.7 Å². The third kappa shape index (κ3) is 4.63. The van der Waals surface area contributed by atoms with Crippen LogP contribution in [0.4, 0.5) is 0 Å². The molecule has 1 unspecified atom stereocenters. The molecule has 108 valence electrons. The second-order valence-electron chi connectivity index (χ2n) is 4.18. The van der Waals surface area contributed by atoms with Gasteiger partial charge in [0.15, 0.2) is 0 Å². The Hall–Kier alpha value is -1.94. The summed E-state index contributed by atoms with van der Waals surface area (Å²) in [5, 5.41) is 18.3. The van der Waals surface area contributed by atoms with E-state index >= 15 is 0 Å². The van der Waals surface area contributed by atoms with Gasteiger partial charge in [0.25, 0.3) is 5.91 Å². The van der Waals surface area contributed by atoms with Gasteiger partial charge in [-0.1, -0.05) is 11.8 Å². The van der Waals surface area contributed by atoms with Gasteiger partial charge >= 0.3 is 0 Å². The minimum Gasteiger partial charge on any atom is -0.389 e. The van der Waals surface area contributed by atoms with Gasteiger partial charge in [0.2, 0.25) is 0 Å². The van der Waals surface area contributed by atoms with Crippen molar-refractivity contribution in [3.8, 4) is 11.8 Å². The van der Waals surface area contributed by atoms with Gasteiger partial charge in [-0.15, -0.1) is 0 Å². The van der Waals surface area contributed by atoms with Crippen molar-refractivity contribution in [2.45, 2.75) is 6.10 Å². The first kappa shape index (κ1) is 16.1. The predicted molar refractivity (Wildman–Crippen MR) is 73.0 cm³/mol. The highest BCUT2D eigenvalue weighted by Gasteiger charge is 2.17. The quantitative estimate of drug-likeness (QED) is 0.710. The van der Waals surface area contributed by atoms with Crippen LogP contribution < -0.4 is 0 Å². The summed E-state index contributed by atoms with van der Waals surface area (Å²) < 4.78 is 4.82. The second-order valence-corrected chi connectivity index (χ2v) is 4.18. The molecule has 6 heteroatoms. The first-order chi connectivity index (χ1) is 9.60. The van der Waals surface area contributed by atoms with Crippen LogP contribution >= 0.6 is 0 Å². The number of aliphatic hydroxyl groups excluding tert-OH is 2. The van der Waals surface area contributed by atoms with Gasteiger partial charge in [-0.3, -0.25) is 9.78 Å². The van der Waals surface area contributed by atoms with E-state index in [1.54, 1.807) is 13.1 Å². The highest BCUT2D eigenvalue weighted by molar-refractivity contribution is 5.96. The van der Waals surface area contributed by atoms with Gasteiger partial charge in [-0.2, -0.15) is 0 Å². The maximum atomic E-state index is 12.3. The Balaban J connectivity index is 2.86. The molecule has 20 heavy (non-hydrogen) atoms. The number of pyridine rings is 1. The average molecular weight is 278 g/mol. The van der Waals surface area contributed by atoms with Crippen molar-refractivity contribution in [2.75, 3.05) is 33.9 Å². The minimum absolute atomic E-state index is 0.155. The summed E-state index contributed by atoms with van der Waals surface area (Å²) in [6.45, 7) is 0.0257. The van der Waals surface area contributed by atoms with Crippen molar-refractivity contribution in [1.82, 2.24) is 9.88 Å². The first-order valence-electron chi connectivity index (χ1n) is 6.06. The molecule has 0 saturated heterocycles. The molecule has 1 aromatic heterocycles. The van der Waals surface area contributed by atoms with Crippen LogP contribution in [-0.2, 0) is 4.74 Å². The van der Waals surface area contributed by atoms with E-state index in [1.807, 2.05) is 0 Å². The lowest BCUT2D eigenvalue weighted by Gasteiger charge is -2.21. The van der Waals surface area contributed by atoms with Crippen LogP contribution in [0.3, 0.4) is 0 Å². The van der Waals surface area contributed by atoms with E-state index in [4.69, 9.17) is 9.84 Å². The second kappa shape index (κ2) is 8.27. The number of hydrogen-bond donors (Lipinski definition) is 2. The zero-order chi connectivity index (χ0) is 15.0. The van der Waals surface area contributed by atoms with Crippen molar-refractivity contribution in [3.05, 3.63) is 29.6 Å². The Kier molecular flexibility index (Phi) is 6.67. The molecular formula is C14H18N2O4. The summed E-state index contributed by atoms with van der Waals surface area (Å²) in [4.78, 5) is 17.6. The molecule has 1 amide bonds. The van der Waals surface area contributed by atoms with Crippen LogP contribution in [0.25, 0.3) is 0 Å². The molecule has 1 heterocycles. The van der Waals surface area contributed by atoms with Crippen LogP contribution in [0.5, 0.6) is 0 Å². The lowest BCUT2D eigenvalue weighted by Crippen LogP contribution is -2.36. The molecular weight excluding hydrogens is 260 g/mol. The van der Waals surface area contributed by atoms with Crippen LogP contribution in [0.1, 0.15) is 15.9 Å². The van der Waals surface area contributed by atoms with Crippen molar-refractivity contribution in [2.24, 2.45) is 0 Å². The third-order valence-corrected chi connectivity index (χ3v) is 2.54. The Bertz CT molecular complexity index is 507. The molecule has 1 rings (SSSR count). The third-order valence-electron chi connectivity index (χ3n) is 2.54. The first-order valence-corrected chi connectivity index (χ1v) is 6.06. The zero-order valence-corrected chi connectivity index (χ0v) is 11.5. The summed E-state index contributed by atoms with van der Waals surface area (Å²) in [6, 6.07) is 1.56. The highest BCUT2D eigenvalue weighted by atomic mass is 16.5. The Labute approximate surface area is 118 Å². The molecule has 0 fully saturated rings. The van der Waals surface area contributed by atoms with Crippen molar-refractivity contribution in [1.29, 1.82) is 0 Å². The molecule has 0 bridgehead atoms. The lowest BCUT2D eigenvalue weighted by molar-refractivity contribution is 0.0380. The molecule has 1 atom stereocenters. The fourth-order valence-corrected chi connectivity index (χ4v) is 1.67. The van der Waals surface area contributed by atoms with E-state index in [9.17, 15) is 9.90 Å². The highest BCUT2D eigenvalue weighted by Crippen LogP contribution is 2.09. The number of hydrogen-bond acceptors (Lipinski definition) is 5. The van der Waals surface area contributed by atoms with Gasteiger partial charge in [0.1, 0.15) is 6.61 Å². The largest absolute Gasteiger partial charge is 0.389 e. The average Bonchev–Trinajstić information content (AvgIpc) is 2.44. The number of aromatic nitrogens is 1. The molecule has 0 aliphatic carbocycles. The van der Waals surface area contributed by atoms with Crippen LogP contribution in [0, 0.1) is 11.8 Å². The normalized spacial score (nSPS) is 11.4. The molecule has 0 aliphatic rings. The van der Waals surface area contributed by atoms with Gasteiger partial charge in [-0.25, -0.2) is 0 Å². The Morgan fingerprint density at radius 1 is 1.60 bits per heavy atom. The van der Waals surface area contributed by atoms with E-state index in [0.29, 0.717) is 11.1 Å². The summed E-state index contributed by atoms with van der Waals surface area (Å²) in [6.07, 6.45) is 2.22. The Morgan fingerprint density at radius 3 is 3.00 bits per heavy atom. The van der Waals surface area contributed by atoms with Gasteiger partial charge in [-0.05, 0) is 6.07 Å². The Morgan fingerprint density at radius 2 is 2.35 bits per heavy atom. The summed E-state index contributed by atoms with van der Waals surface area (Å²) >= 11 is 0. The van der Waals surface area contributed by atoms with Gasteiger partial charge in [0, 0.05) is 33.1 Å². The maximum Gasteiger partial charge on any atom is 0.255 e. The summed E-state index contributed by atoms with van der Waals surface area (Å²) in [7, 11) is 3.07. The molecule has 1 aromatic rings. The number of likely N-dealkylation sites (N-methyl/N-ethyl adjacent to an activating group) is 1. The number of rotatable bonds is 5. The monoisotopic (exact) mass is 278 g/mol. The number of methoxy groups -OCH3 is 1. The number of carbonyl (C=O) groups is 1. The predicted octanol–water partition coefficient (Wildman–Crippen LogP) is -0.495. The summed E-state index contributed by atoms with van der Waals surface area (Å²) in [5.74, 6) is 4.89. The van der Waals surface area contributed by atoms with E-state index in [2.05, 4.69) is 16.8 Å². The fourth-order valence-electron chi connectivity index (χ4n) is 1.67. The van der Waals surface area contributed by atoms with E-state index in [1.165, 1.54) is 24.4 Å². The molecule has 6 nitrogen and oxygen atoms in total. The number of aliphatic hydroxyl groups is 2. The van der Waals surface area contributed by atoms with E-state index < -0.39 is 6.10 Å². The number of carbonyl (C=O) groups excluding carboxylic acids is 1. The van der Waals surface area contributed by atoms with Crippen LogP contribution in [-0.4, -0.2) is 66.0 Å². The standard InChI is InChI=1S/C14H18N2O4/c1-16(9-12(18)10-20-2)14(19)13-5-6-15-8-11(13)4-3-7-17/h5-6,8,12,17-18H,7,9-10H2,1-2H3. The van der Waals surface area contributed by atoms with Gasteiger partial charge in [0.05, 0.1) is 23.8 Å². The van der Waals surface area contributed by atoms with E-state index in [0.717, 1.165) is 0 Å². The number of ether oxygens (including phenoxy) is 1. The van der Waals surface area contributed by atoms with Crippen molar-refractivity contribution < 1.29 is 19.7 Å². The molecule has 2 N–H and O–H groups in total. The summed E-state index contributed by atoms with van der Waals surface area (Å²) in [5.41, 5.74) is 0.827. The molecule has 0 aromatic carbocycles. The minimum atomic E-state index is -0.747. The topological polar surface area (TPSA) is 82.9 Å². The molecule has 0 spiro atoms. The fraction of sp³-hybridized carbons (Fsp3) is 0.429. The number of nitrogens with zero attached hydrogens (tertiary/aromatic N) is 2. The van der Waals surface area contributed by atoms with Crippen LogP contribution in [0.2, 0.25) is 0 Å². The number of amides is 1. The zero-order valence-electron chi connectivity index (χ0n) is 11.5. The smallest absolute Gasteiger partial charge is 0.255 e. The maximum absolute atomic E-state index is 12.3. The SMILES string of the molecule is COCC(O)CN(C)C(=O)c1ccncc1C#CCO.